The Hall–Kier alpha value is -1.55. The largest absolute Gasteiger partial charge is 0.534 e. The van der Waals surface area contributed by atoms with Crippen molar-refractivity contribution in [2.24, 2.45) is 0 Å². The molecular weight excluding hydrogens is 333 g/mol. The number of halogens is 3. The molecule has 0 aliphatic rings. The molecule has 0 fully saturated rings. The van der Waals surface area contributed by atoms with Gasteiger partial charge < -0.3 is 8.92 Å². The summed E-state index contributed by atoms with van der Waals surface area (Å²) >= 11 is 1.34. The standard InChI is InChI=1S/C11H11F3O5S2/c1-2-18-10(15)9(4-3-8-5-6-20-7-8)19-21(16,17)11(12,13)14/h4-7H,2-3H2,1H3. The summed E-state index contributed by atoms with van der Waals surface area (Å²) in [5, 5.41) is 3.41. The van der Waals surface area contributed by atoms with Gasteiger partial charge in [0.15, 0.2) is 0 Å². The molecule has 118 valence electrons. The van der Waals surface area contributed by atoms with Crippen molar-refractivity contribution in [1.29, 1.82) is 0 Å². The van der Waals surface area contributed by atoms with Crippen LogP contribution < -0.4 is 0 Å². The van der Waals surface area contributed by atoms with Crippen LogP contribution in [0.3, 0.4) is 0 Å². The van der Waals surface area contributed by atoms with Gasteiger partial charge in [0, 0.05) is 0 Å². The van der Waals surface area contributed by atoms with Gasteiger partial charge in [-0.15, -0.1) is 0 Å². The highest BCUT2D eigenvalue weighted by molar-refractivity contribution is 7.87. The van der Waals surface area contributed by atoms with Gasteiger partial charge in [-0.2, -0.15) is 32.9 Å². The van der Waals surface area contributed by atoms with Crippen LogP contribution in [-0.4, -0.2) is 26.5 Å². The quantitative estimate of drug-likeness (QED) is 0.261. The van der Waals surface area contributed by atoms with E-state index in [0.29, 0.717) is 5.56 Å². The van der Waals surface area contributed by atoms with Gasteiger partial charge in [-0.3, -0.25) is 0 Å². The summed E-state index contributed by atoms with van der Waals surface area (Å²) in [5.41, 5.74) is -4.93. The average molecular weight is 344 g/mol. The number of hydrogen-bond donors (Lipinski definition) is 0. The number of carbonyl (C=O) groups excluding carboxylic acids is 1. The molecule has 0 aromatic carbocycles. The zero-order valence-electron chi connectivity index (χ0n) is 10.7. The average Bonchev–Trinajstić information content (AvgIpc) is 2.86. The summed E-state index contributed by atoms with van der Waals surface area (Å²) in [6, 6.07) is 1.67. The Labute approximate surface area is 123 Å². The molecule has 1 rings (SSSR count). The van der Waals surface area contributed by atoms with Crippen molar-refractivity contribution in [2.45, 2.75) is 18.9 Å². The molecule has 0 aliphatic heterocycles. The minimum atomic E-state index is -5.92. The predicted octanol–water partition coefficient (Wildman–Crippen LogP) is 2.60. The second-order valence-electron chi connectivity index (χ2n) is 3.61. The second-order valence-corrected chi connectivity index (χ2v) is 5.93. The van der Waals surface area contributed by atoms with E-state index in [1.807, 2.05) is 0 Å². The lowest BCUT2D eigenvalue weighted by Gasteiger charge is -2.11. The Balaban J connectivity index is 2.98. The molecule has 0 saturated heterocycles. The monoisotopic (exact) mass is 344 g/mol. The summed E-state index contributed by atoms with van der Waals surface area (Å²) in [6.07, 6.45) is 0.967. The number of hydrogen-bond acceptors (Lipinski definition) is 6. The van der Waals surface area contributed by atoms with Gasteiger partial charge in [0.05, 0.1) is 6.61 Å². The molecule has 0 amide bonds. The Bertz CT molecular complexity index is 602. The smallest absolute Gasteiger partial charge is 0.460 e. The Morgan fingerprint density at radius 2 is 2.10 bits per heavy atom. The molecule has 0 bridgehead atoms. The molecule has 1 aromatic heterocycles. The lowest BCUT2D eigenvalue weighted by molar-refractivity contribution is -0.141. The van der Waals surface area contributed by atoms with Crippen molar-refractivity contribution >= 4 is 27.4 Å². The van der Waals surface area contributed by atoms with E-state index in [2.05, 4.69) is 8.92 Å². The minimum Gasteiger partial charge on any atom is -0.460 e. The number of ether oxygens (including phenoxy) is 1. The molecule has 1 heterocycles. The maximum absolute atomic E-state index is 12.3. The van der Waals surface area contributed by atoms with E-state index in [4.69, 9.17) is 0 Å². The van der Waals surface area contributed by atoms with E-state index >= 15 is 0 Å². The van der Waals surface area contributed by atoms with Crippen molar-refractivity contribution in [3.05, 3.63) is 34.2 Å². The first-order valence-corrected chi connectivity index (χ1v) is 7.91. The normalized spacial score (nSPS) is 13.0. The van der Waals surface area contributed by atoms with Crippen LogP contribution in [0.15, 0.2) is 28.7 Å². The van der Waals surface area contributed by atoms with Gasteiger partial charge >= 0.3 is 21.6 Å². The van der Waals surface area contributed by atoms with Crippen LogP contribution in [-0.2, 0) is 30.3 Å². The van der Waals surface area contributed by atoms with Crippen LogP contribution >= 0.6 is 11.3 Å². The van der Waals surface area contributed by atoms with Crippen LogP contribution in [0.1, 0.15) is 12.5 Å². The van der Waals surface area contributed by atoms with E-state index < -0.39 is 27.4 Å². The van der Waals surface area contributed by atoms with Gasteiger partial charge in [-0.05, 0) is 41.8 Å². The molecule has 0 N–H and O–H groups in total. The molecule has 0 saturated carbocycles. The fourth-order valence-electron chi connectivity index (χ4n) is 1.14. The van der Waals surface area contributed by atoms with Crippen molar-refractivity contribution in [3.8, 4) is 0 Å². The third-order valence-electron chi connectivity index (χ3n) is 2.06. The van der Waals surface area contributed by atoms with Crippen LogP contribution in [0, 0.1) is 0 Å². The van der Waals surface area contributed by atoms with Gasteiger partial charge in [0.1, 0.15) is 0 Å². The van der Waals surface area contributed by atoms with E-state index in [1.54, 1.807) is 16.8 Å². The second kappa shape index (κ2) is 6.94. The van der Waals surface area contributed by atoms with Gasteiger partial charge in [-0.1, -0.05) is 0 Å². The highest BCUT2D eigenvalue weighted by Gasteiger charge is 2.49. The number of esters is 1. The van der Waals surface area contributed by atoms with E-state index in [0.717, 1.165) is 6.08 Å². The topological polar surface area (TPSA) is 69.7 Å². The molecule has 10 heteroatoms. The van der Waals surface area contributed by atoms with Crippen molar-refractivity contribution in [2.75, 3.05) is 6.61 Å². The molecule has 1 aromatic rings. The highest BCUT2D eigenvalue weighted by Crippen LogP contribution is 2.27. The van der Waals surface area contributed by atoms with Gasteiger partial charge in [0.25, 0.3) is 0 Å². The molecule has 0 unspecified atom stereocenters. The fraction of sp³-hybridized carbons (Fsp3) is 0.364. The summed E-state index contributed by atoms with van der Waals surface area (Å²) in [5.74, 6) is -2.29. The molecule has 0 atom stereocenters. The first-order valence-electron chi connectivity index (χ1n) is 5.56. The predicted molar refractivity (Wildman–Crippen MR) is 68.8 cm³/mol. The number of allylic oxidation sites excluding steroid dienone is 1. The highest BCUT2D eigenvalue weighted by atomic mass is 32.2. The zero-order chi connectivity index (χ0) is 16.1. The number of thiophene rings is 1. The number of alkyl halides is 3. The molecule has 21 heavy (non-hydrogen) atoms. The fourth-order valence-corrected chi connectivity index (χ4v) is 2.29. The van der Waals surface area contributed by atoms with Gasteiger partial charge in [-0.25, -0.2) is 4.79 Å². The molecule has 0 spiro atoms. The van der Waals surface area contributed by atoms with Crippen LogP contribution in [0.4, 0.5) is 13.2 Å². The third-order valence-corrected chi connectivity index (χ3v) is 3.76. The minimum absolute atomic E-state index is 0.0328. The van der Waals surface area contributed by atoms with Crippen molar-refractivity contribution in [1.82, 2.24) is 0 Å². The summed E-state index contributed by atoms with van der Waals surface area (Å²) in [6.45, 7) is 1.29. The SMILES string of the molecule is CCOC(=O)C(=CCc1ccsc1)OS(=O)(=O)C(F)(F)F. The van der Waals surface area contributed by atoms with Crippen molar-refractivity contribution < 1.29 is 35.3 Å². The molecule has 0 radical (unpaired) electrons. The first-order chi connectivity index (χ1) is 9.67. The van der Waals surface area contributed by atoms with E-state index in [-0.39, 0.29) is 13.0 Å². The molecular formula is C11H11F3O5S2. The summed E-state index contributed by atoms with van der Waals surface area (Å²) in [4.78, 5) is 11.5. The Kier molecular flexibility index (Phi) is 5.78. The van der Waals surface area contributed by atoms with E-state index in [1.165, 1.54) is 18.3 Å². The Morgan fingerprint density at radius 3 is 2.57 bits per heavy atom. The van der Waals surface area contributed by atoms with Crippen LogP contribution in [0.25, 0.3) is 0 Å². The number of carbonyl (C=O) groups is 1. The lowest BCUT2D eigenvalue weighted by Crippen LogP contribution is -2.27. The summed E-state index contributed by atoms with van der Waals surface area (Å²) < 4.78 is 67.0. The maximum Gasteiger partial charge on any atom is 0.534 e. The van der Waals surface area contributed by atoms with Crippen molar-refractivity contribution in [3.63, 3.8) is 0 Å². The zero-order valence-corrected chi connectivity index (χ0v) is 12.3. The van der Waals surface area contributed by atoms with Crippen LogP contribution in [0.2, 0.25) is 0 Å². The number of rotatable bonds is 6. The molecule has 0 aliphatic carbocycles. The lowest BCUT2D eigenvalue weighted by atomic mass is 10.2. The van der Waals surface area contributed by atoms with Gasteiger partial charge in [0.2, 0.25) is 5.76 Å². The maximum atomic E-state index is 12.3. The van der Waals surface area contributed by atoms with E-state index in [9.17, 15) is 26.4 Å². The molecule has 5 nitrogen and oxygen atoms in total. The Morgan fingerprint density at radius 1 is 1.43 bits per heavy atom. The summed E-state index contributed by atoms with van der Waals surface area (Å²) in [7, 11) is -5.92. The third kappa shape index (κ3) is 5.05. The van der Waals surface area contributed by atoms with Crippen LogP contribution in [0.5, 0.6) is 0 Å². The first kappa shape index (κ1) is 17.5.